The van der Waals surface area contributed by atoms with Crippen LogP contribution in [0.1, 0.15) is 12.5 Å². The minimum Gasteiger partial charge on any atom is -0.384 e. The van der Waals surface area contributed by atoms with E-state index in [0.29, 0.717) is 13.1 Å². The maximum absolute atomic E-state index is 11.7. The summed E-state index contributed by atoms with van der Waals surface area (Å²) in [5, 5.41) is 10.1. The second-order valence-electron chi connectivity index (χ2n) is 4.87. The van der Waals surface area contributed by atoms with Crippen LogP contribution in [-0.4, -0.2) is 53.1 Å². The molecule has 1 unspecified atom stereocenters. The van der Waals surface area contributed by atoms with E-state index < -0.39 is 6.10 Å². The summed E-state index contributed by atoms with van der Waals surface area (Å²) in [6.07, 6.45) is -0.907. The van der Waals surface area contributed by atoms with Crippen molar-refractivity contribution in [3.63, 3.8) is 0 Å². The van der Waals surface area contributed by atoms with E-state index in [-0.39, 0.29) is 5.91 Å². The quantitative estimate of drug-likeness (QED) is 0.911. The minimum atomic E-state index is -0.907. The van der Waals surface area contributed by atoms with Crippen LogP contribution in [0.3, 0.4) is 0 Å². The van der Waals surface area contributed by atoms with E-state index in [0.717, 1.165) is 30.2 Å². The van der Waals surface area contributed by atoms with Gasteiger partial charge in [-0.15, -0.1) is 0 Å². The van der Waals surface area contributed by atoms with Crippen molar-refractivity contribution in [2.45, 2.75) is 19.6 Å². The van der Waals surface area contributed by atoms with Crippen LogP contribution in [0.2, 0.25) is 5.02 Å². The molecule has 2 rings (SSSR count). The van der Waals surface area contributed by atoms with Crippen LogP contribution in [0.25, 0.3) is 0 Å². The summed E-state index contributed by atoms with van der Waals surface area (Å²) >= 11 is 6.14. The van der Waals surface area contributed by atoms with Crippen molar-refractivity contribution >= 4 is 17.5 Å². The first-order chi connectivity index (χ1) is 9.08. The lowest BCUT2D eigenvalue weighted by Crippen LogP contribution is -2.50. The zero-order valence-corrected chi connectivity index (χ0v) is 11.8. The average Bonchev–Trinajstić information content (AvgIpc) is 2.41. The van der Waals surface area contributed by atoms with E-state index in [2.05, 4.69) is 4.90 Å². The smallest absolute Gasteiger partial charge is 0.251 e. The van der Waals surface area contributed by atoms with E-state index in [1.165, 1.54) is 6.92 Å². The van der Waals surface area contributed by atoms with Gasteiger partial charge in [-0.25, -0.2) is 0 Å². The molecular formula is C14H19ClN2O2. The van der Waals surface area contributed by atoms with Crippen molar-refractivity contribution in [2.24, 2.45) is 0 Å². The molecule has 0 aliphatic carbocycles. The van der Waals surface area contributed by atoms with Crippen molar-refractivity contribution in [3.05, 3.63) is 34.9 Å². The standard InChI is InChI=1S/C14H19ClN2O2/c1-11(18)14(19)17-8-6-16(7-9-17)10-12-4-2-3-5-13(12)15/h2-5,11,18H,6-10H2,1H3. The molecule has 0 radical (unpaired) electrons. The van der Waals surface area contributed by atoms with E-state index in [1.807, 2.05) is 24.3 Å². The Balaban J connectivity index is 1.87. The van der Waals surface area contributed by atoms with E-state index in [4.69, 9.17) is 11.6 Å². The van der Waals surface area contributed by atoms with E-state index in [1.54, 1.807) is 4.90 Å². The van der Waals surface area contributed by atoms with Crippen molar-refractivity contribution in [1.29, 1.82) is 0 Å². The molecule has 1 aromatic carbocycles. The molecule has 5 heteroatoms. The van der Waals surface area contributed by atoms with Gasteiger partial charge in [-0.3, -0.25) is 9.69 Å². The highest BCUT2D eigenvalue weighted by molar-refractivity contribution is 6.31. The van der Waals surface area contributed by atoms with Gasteiger partial charge in [0, 0.05) is 37.7 Å². The fourth-order valence-electron chi connectivity index (χ4n) is 2.26. The molecule has 1 atom stereocenters. The average molecular weight is 283 g/mol. The molecule has 1 N–H and O–H groups in total. The molecule has 19 heavy (non-hydrogen) atoms. The lowest BCUT2D eigenvalue weighted by Gasteiger charge is -2.35. The molecule has 1 fully saturated rings. The maximum Gasteiger partial charge on any atom is 0.251 e. The Bertz CT molecular complexity index is 443. The van der Waals surface area contributed by atoms with Gasteiger partial charge in [0.25, 0.3) is 5.91 Å². The van der Waals surface area contributed by atoms with Gasteiger partial charge in [-0.2, -0.15) is 0 Å². The second kappa shape index (κ2) is 6.37. The Morgan fingerprint density at radius 1 is 1.32 bits per heavy atom. The van der Waals surface area contributed by atoms with Crippen molar-refractivity contribution in [1.82, 2.24) is 9.80 Å². The number of aliphatic hydroxyl groups is 1. The molecule has 0 aromatic heterocycles. The predicted octanol–water partition coefficient (Wildman–Crippen LogP) is 1.36. The number of nitrogens with zero attached hydrogens (tertiary/aromatic N) is 2. The molecule has 0 saturated carbocycles. The van der Waals surface area contributed by atoms with Crippen molar-refractivity contribution in [2.75, 3.05) is 26.2 Å². The second-order valence-corrected chi connectivity index (χ2v) is 5.28. The predicted molar refractivity (Wildman–Crippen MR) is 75.0 cm³/mol. The highest BCUT2D eigenvalue weighted by atomic mass is 35.5. The lowest BCUT2D eigenvalue weighted by atomic mass is 10.2. The Morgan fingerprint density at radius 3 is 2.53 bits per heavy atom. The third-order valence-corrected chi connectivity index (χ3v) is 3.76. The van der Waals surface area contributed by atoms with Gasteiger partial charge in [-0.1, -0.05) is 29.8 Å². The number of rotatable bonds is 3. The van der Waals surface area contributed by atoms with E-state index >= 15 is 0 Å². The topological polar surface area (TPSA) is 43.8 Å². The summed E-state index contributed by atoms with van der Waals surface area (Å²) in [5.74, 6) is -0.183. The number of piperazine rings is 1. The fourth-order valence-corrected chi connectivity index (χ4v) is 2.45. The highest BCUT2D eigenvalue weighted by Crippen LogP contribution is 2.18. The third kappa shape index (κ3) is 3.69. The van der Waals surface area contributed by atoms with Crippen LogP contribution < -0.4 is 0 Å². The summed E-state index contributed by atoms with van der Waals surface area (Å²) in [5.41, 5.74) is 1.11. The Hall–Kier alpha value is -1.10. The number of hydrogen-bond donors (Lipinski definition) is 1. The van der Waals surface area contributed by atoms with Gasteiger partial charge in [0.1, 0.15) is 6.10 Å². The first kappa shape index (κ1) is 14.3. The third-order valence-electron chi connectivity index (χ3n) is 3.39. The van der Waals surface area contributed by atoms with E-state index in [9.17, 15) is 9.90 Å². The number of hydrogen-bond acceptors (Lipinski definition) is 3. The molecular weight excluding hydrogens is 264 g/mol. The van der Waals surface area contributed by atoms with Crippen molar-refractivity contribution < 1.29 is 9.90 Å². The Morgan fingerprint density at radius 2 is 1.95 bits per heavy atom. The highest BCUT2D eigenvalue weighted by Gasteiger charge is 2.23. The van der Waals surface area contributed by atoms with Gasteiger partial charge in [-0.05, 0) is 18.6 Å². The molecule has 0 bridgehead atoms. The largest absolute Gasteiger partial charge is 0.384 e. The van der Waals surface area contributed by atoms with Crippen LogP contribution in [0.4, 0.5) is 0 Å². The molecule has 1 saturated heterocycles. The fraction of sp³-hybridized carbons (Fsp3) is 0.500. The zero-order valence-electron chi connectivity index (χ0n) is 11.1. The van der Waals surface area contributed by atoms with Crippen LogP contribution in [-0.2, 0) is 11.3 Å². The van der Waals surface area contributed by atoms with Gasteiger partial charge >= 0.3 is 0 Å². The van der Waals surface area contributed by atoms with Gasteiger partial charge in [0.2, 0.25) is 0 Å². The molecule has 0 spiro atoms. The van der Waals surface area contributed by atoms with Gasteiger partial charge < -0.3 is 10.0 Å². The Kier molecular flexibility index (Phi) is 4.80. The van der Waals surface area contributed by atoms with Crippen LogP contribution in [0.5, 0.6) is 0 Å². The van der Waals surface area contributed by atoms with Gasteiger partial charge in [0.15, 0.2) is 0 Å². The SMILES string of the molecule is CC(O)C(=O)N1CCN(Cc2ccccc2Cl)CC1. The number of carbonyl (C=O) groups excluding carboxylic acids is 1. The summed E-state index contributed by atoms with van der Waals surface area (Å²) in [6.45, 7) is 5.25. The molecule has 104 valence electrons. The number of halogens is 1. The van der Waals surface area contributed by atoms with Crippen LogP contribution >= 0.6 is 11.6 Å². The first-order valence-corrected chi connectivity index (χ1v) is 6.88. The molecule has 1 aliphatic rings. The monoisotopic (exact) mass is 282 g/mol. The first-order valence-electron chi connectivity index (χ1n) is 6.50. The van der Waals surface area contributed by atoms with Crippen LogP contribution in [0.15, 0.2) is 24.3 Å². The summed E-state index contributed by atoms with van der Waals surface area (Å²) in [7, 11) is 0. The number of amides is 1. The summed E-state index contributed by atoms with van der Waals surface area (Å²) in [4.78, 5) is 15.6. The van der Waals surface area contributed by atoms with Crippen LogP contribution in [0, 0.1) is 0 Å². The molecule has 1 aromatic rings. The van der Waals surface area contributed by atoms with Gasteiger partial charge in [0.05, 0.1) is 0 Å². The minimum absolute atomic E-state index is 0.183. The number of benzene rings is 1. The molecule has 1 aliphatic heterocycles. The normalized spacial score (nSPS) is 18.4. The van der Waals surface area contributed by atoms with Crippen molar-refractivity contribution in [3.8, 4) is 0 Å². The molecule has 4 nitrogen and oxygen atoms in total. The number of carbonyl (C=O) groups is 1. The maximum atomic E-state index is 11.7. The Labute approximate surface area is 118 Å². The number of aliphatic hydroxyl groups excluding tert-OH is 1. The summed E-state index contributed by atoms with van der Waals surface area (Å²) < 4.78 is 0. The molecule has 1 heterocycles. The lowest BCUT2D eigenvalue weighted by molar-refractivity contribution is -0.141. The molecule has 1 amide bonds. The zero-order chi connectivity index (χ0) is 13.8. The summed E-state index contributed by atoms with van der Waals surface area (Å²) in [6, 6.07) is 7.82.